The highest BCUT2D eigenvalue weighted by Crippen LogP contribution is 2.13. The van der Waals surface area contributed by atoms with E-state index in [1.54, 1.807) is 12.4 Å². The van der Waals surface area contributed by atoms with Crippen LogP contribution >= 0.6 is 0 Å². The zero-order valence-corrected chi connectivity index (χ0v) is 13.0. The average Bonchev–Trinajstić information content (AvgIpc) is 3.03. The second-order valence-corrected chi connectivity index (χ2v) is 5.63. The number of hydrogen-bond acceptors (Lipinski definition) is 3. The highest BCUT2D eigenvalue weighted by atomic mass is 16.5. The van der Waals surface area contributed by atoms with Crippen LogP contribution in [0.1, 0.15) is 57.4 Å². The minimum absolute atomic E-state index is 0.485. The van der Waals surface area contributed by atoms with Gasteiger partial charge in [-0.05, 0) is 31.9 Å². The Labute approximate surface area is 128 Å². The normalized spacial score (nSPS) is 17.3. The Bertz CT molecular complexity index is 470. The average molecular weight is 286 g/mol. The molecular formula is C18H26N2O. The van der Waals surface area contributed by atoms with Crippen molar-refractivity contribution < 1.29 is 4.74 Å². The Kier molecular flexibility index (Phi) is 7.11. The quantitative estimate of drug-likeness (QED) is 0.615. The number of hydrogen-bond donors (Lipinski definition) is 1. The molecular weight excluding hydrogens is 260 g/mol. The standard InChI is InChI=1S/C18H26N2O/c1-2-3-4-5-6-7-9-16-12-18(14-19-13-16)21-15-17-10-8-11-20-17/h12-14,17,20H,2-6,8,10-11,15H2,1H3/t17-/m1/s1. The fourth-order valence-electron chi connectivity index (χ4n) is 2.47. The Hall–Kier alpha value is -1.53. The maximum Gasteiger partial charge on any atom is 0.138 e. The molecule has 0 unspecified atom stereocenters. The van der Waals surface area contributed by atoms with Crippen LogP contribution in [-0.4, -0.2) is 24.2 Å². The molecule has 3 heteroatoms. The third-order valence-electron chi connectivity index (χ3n) is 3.71. The van der Waals surface area contributed by atoms with Gasteiger partial charge in [0.15, 0.2) is 0 Å². The topological polar surface area (TPSA) is 34.1 Å². The Morgan fingerprint density at radius 3 is 3.10 bits per heavy atom. The van der Waals surface area contributed by atoms with E-state index in [0.29, 0.717) is 6.04 Å². The molecule has 0 aromatic carbocycles. The van der Waals surface area contributed by atoms with Crippen LogP contribution in [0.5, 0.6) is 5.75 Å². The summed E-state index contributed by atoms with van der Waals surface area (Å²) in [4.78, 5) is 4.21. The Morgan fingerprint density at radius 1 is 1.33 bits per heavy atom. The molecule has 1 N–H and O–H groups in total. The first kappa shape index (κ1) is 15.9. The lowest BCUT2D eigenvalue weighted by atomic mass is 10.1. The fraction of sp³-hybridized carbons (Fsp3) is 0.611. The molecule has 1 aromatic rings. The van der Waals surface area contributed by atoms with Crippen LogP contribution < -0.4 is 10.1 Å². The van der Waals surface area contributed by atoms with Gasteiger partial charge in [-0.2, -0.15) is 0 Å². The van der Waals surface area contributed by atoms with Gasteiger partial charge in [-0.15, -0.1) is 0 Å². The van der Waals surface area contributed by atoms with E-state index in [0.717, 1.165) is 30.9 Å². The van der Waals surface area contributed by atoms with Crippen molar-refractivity contribution in [1.29, 1.82) is 0 Å². The molecule has 2 rings (SSSR count). The van der Waals surface area contributed by atoms with Crippen LogP contribution in [-0.2, 0) is 0 Å². The van der Waals surface area contributed by atoms with Gasteiger partial charge >= 0.3 is 0 Å². The van der Waals surface area contributed by atoms with Gasteiger partial charge < -0.3 is 10.1 Å². The number of rotatable bonds is 7. The second-order valence-electron chi connectivity index (χ2n) is 5.63. The van der Waals surface area contributed by atoms with Crippen molar-refractivity contribution >= 4 is 0 Å². The largest absolute Gasteiger partial charge is 0.490 e. The third kappa shape index (κ3) is 6.18. The predicted molar refractivity (Wildman–Crippen MR) is 86.4 cm³/mol. The molecule has 1 aliphatic rings. The summed E-state index contributed by atoms with van der Waals surface area (Å²) in [6, 6.07) is 2.47. The molecule has 114 valence electrons. The van der Waals surface area contributed by atoms with Crippen LogP contribution in [0, 0.1) is 11.8 Å². The number of nitrogens with zero attached hydrogens (tertiary/aromatic N) is 1. The molecule has 0 bridgehead atoms. The first-order chi connectivity index (χ1) is 10.4. The van der Waals surface area contributed by atoms with Crippen molar-refractivity contribution in [2.75, 3.05) is 13.2 Å². The molecule has 2 heterocycles. The lowest BCUT2D eigenvalue weighted by molar-refractivity contribution is 0.276. The lowest BCUT2D eigenvalue weighted by Gasteiger charge is -2.11. The summed E-state index contributed by atoms with van der Waals surface area (Å²) in [6.07, 6.45) is 12.0. The maximum atomic E-state index is 5.80. The zero-order valence-electron chi connectivity index (χ0n) is 13.0. The Balaban J connectivity index is 1.75. The van der Waals surface area contributed by atoms with E-state index in [4.69, 9.17) is 4.74 Å². The summed E-state index contributed by atoms with van der Waals surface area (Å²) in [5.41, 5.74) is 0.947. The third-order valence-corrected chi connectivity index (χ3v) is 3.71. The minimum Gasteiger partial charge on any atom is -0.490 e. The van der Waals surface area contributed by atoms with Crippen LogP contribution in [0.25, 0.3) is 0 Å². The monoisotopic (exact) mass is 286 g/mol. The minimum atomic E-state index is 0.485. The van der Waals surface area contributed by atoms with Crippen LogP contribution in [0.2, 0.25) is 0 Å². The zero-order chi connectivity index (χ0) is 14.8. The molecule has 0 aliphatic carbocycles. The predicted octanol–water partition coefficient (Wildman–Crippen LogP) is 3.53. The second kappa shape index (κ2) is 9.41. The summed E-state index contributed by atoms with van der Waals surface area (Å²) >= 11 is 0. The van der Waals surface area contributed by atoms with Gasteiger partial charge in [-0.25, -0.2) is 0 Å². The Morgan fingerprint density at radius 2 is 2.29 bits per heavy atom. The van der Waals surface area contributed by atoms with Gasteiger partial charge in [0, 0.05) is 24.2 Å². The van der Waals surface area contributed by atoms with Gasteiger partial charge in [-0.1, -0.05) is 38.0 Å². The number of ether oxygens (including phenoxy) is 1. The molecule has 0 saturated carbocycles. The van der Waals surface area contributed by atoms with Crippen molar-refractivity contribution in [3.05, 3.63) is 24.0 Å². The SMILES string of the molecule is CCCCCCC#Cc1cncc(OC[C@H]2CCCN2)c1. The molecule has 0 amide bonds. The molecule has 1 atom stereocenters. The first-order valence-electron chi connectivity index (χ1n) is 8.18. The first-order valence-corrected chi connectivity index (χ1v) is 8.18. The molecule has 1 saturated heterocycles. The molecule has 0 spiro atoms. The van der Waals surface area contributed by atoms with Crippen molar-refractivity contribution in [2.45, 2.75) is 57.9 Å². The van der Waals surface area contributed by atoms with Crippen molar-refractivity contribution in [1.82, 2.24) is 10.3 Å². The van der Waals surface area contributed by atoms with E-state index in [1.165, 1.54) is 38.5 Å². The van der Waals surface area contributed by atoms with E-state index in [2.05, 4.69) is 29.1 Å². The van der Waals surface area contributed by atoms with Crippen LogP contribution in [0.3, 0.4) is 0 Å². The molecule has 1 aliphatic heterocycles. The van der Waals surface area contributed by atoms with Crippen LogP contribution in [0.15, 0.2) is 18.5 Å². The highest BCUT2D eigenvalue weighted by molar-refractivity contribution is 5.36. The molecule has 0 radical (unpaired) electrons. The summed E-state index contributed by atoms with van der Waals surface area (Å²) in [6.45, 7) is 4.05. The summed E-state index contributed by atoms with van der Waals surface area (Å²) < 4.78 is 5.80. The van der Waals surface area contributed by atoms with E-state index in [1.807, 2.05) is 6.07 Å². The van der Waals surface area contributed by atoms with E-state index in [-0.39, 0.29) is 0 Å². The van der Waals surface area contributed by atoms with E-state index in [9.17, 15) is 0 Å². The highest BCUT2D eigenvalue weighted by Gasteiger charge is 2.14. The molecule has 21 heavy (non-hydrogen) atoms. The van der Waals surface area contributed by atoms with Crippen molar-refractivity contribution in [3.63, 3.8) is 0 Å². The van der Waals surface area contributed by atoms with Gasteiger partial charge in [0.25, 0.3) is 0 Å². The van der Waals surface area contributed by atoms with Gasteiger partial charge in [0.05, 0.1) is 6.20 Å². The van der Waals surface area contributed by atoms with Crippen molar-refractivity contribution in [2.24, 2.45) is 0 Å². The van der Waals surface area contributed by atoms with Crippen molar-refractivity contribution in [3.8, 4) is 17.6 Å². The van der Waals surface area contributed by atoms with Gasteiger partial charge in [-0.3, -0.25) is 4.98 Å². The summed E-state index contributed by atoms with van der Waals surface area (Å²) in [5.74, 6) is 7.23. The number of nitrogens with one attached hydrogen (secondary N) is 1. The van der Waals surface area contributed by atoms with Gasteiger partial charge in [0.1, 0.15) is 12.4 Å². The number of aromatic nitrogens is 1. The van der Waals surface area contributed by atoms with E-state index < -0.39 is 0 Å². The lowest BCUT2D eigenvalue weighted by Crippen LogP contribution is -2.28. The number of pyridine rings is 1. The fourth-order valence-corrected chi connectivity index (χ4v) is 2.47. The van der Waals surface area contributed by atoms with Crippen LogP contribution in [0.4, 0.5) is 0 Å². The van der Waals surface area contributed by atoms with E-state index >= 15 is 0 Å². The molecule has 1 aromatic heterocycles. The van der Waals surface area contributed by atoms with Gasteiger partial charge in [0.2, 0.25) is 0 Å². The summed E-state index contributed by atoms with van der Waals surface area (Å²) in [5, 5.41) is 3.43. The smallest absolute Gasteiger partial charge is 0.138 e. The maximum absolute atomic E-state index is 5.80. The summed E-state index contributed by atoms with van der Waals surface area (Å²) in [7, 11) is 0. The molecule has 1 fully saturated rings. The number of unbranched alkanes of at least 4 members (excludes halogenated alkanes) is 4. The molecule has 3 nitrogen and oxygen atoms in total.